The average Bonchev–Trinajstić information content (AvgIpc) is 2.82. The maximum atomic E-state index is 13.1. The topological polar surface area (TPSA) is 108 Å². The van der Waals surface area contributed by atoms with Gasteiger partial charge in [-0.3, -0.25) is 14.4 Å². The Hall–Kier alpha value is -3.49. The molecule has 0 radical (unpaired) electrons. The Bertz CT molecular complexity index is 1270. The number of thioether (sulfide) groups is 1. The summed E-state index contributed by atoms with van der Waals surface area (Å²) in [5.41, 5.74) is 0.294. The molecule has 0 saturated carbocycles. The smallest absolute Gasteiger partial charge is 0.417 e. The van der Waals surface area contributed by atoms with Crippen molar-refractivity contribution < 1.29 is 32.3 Å². The molecule has 0 fully saturated rings. The van der Waals surface area contributed by atoms with Crippen molar-refractivity contribution in [2.75, 3.05) is 18.2 Å². The number of anilines is 1. The summed E-state index contributed by atoms with van der Waals surface area (Å²) >= 11 is 6.41. The van der Waals surface area contributed by atoms with E-state index >= 15 is 0 Å². The third-order valence-corrected chi connectivity index (χ3v) is 6.67. The molecule has 2 aromatic rings. The lowest BCUT2D eigenvalue weighted by atomic mass is 9.78. The zero-order valence-electron chi connectivity index (χ0n) is 18.9. The summed E-state index contributed by atoms with van der Waals surface area (Å²) in [5, 5.41) is 14.3. The van der Waals surface area contributed by atoms with Crippen molar-refractivity contribution in [3.8, 4) is 6.07 Å². The molecule has 2 N–H and O–H groups in total. The van der Waals surface area contributed by atoms with Gasteiger partial charge in [-0.1, -0.05) is 53.2 Å². The first-order valence-electron chi connectivity index (χ1n) is 10.3. The van der Waals surface area contributed by atoms with E-state index in [1.54, 1.807) is 24.3 Å². The first-order valence-corrected chi connectivity index (χ1v) is 11.7. The molecular formula is C24H19ClF3N3O4S. The highest BCUT2D eigenvalue weighted by Crippen LogP contribution is 2.40. The number of carbonyl (C=O) groups is 3. The third-order valence-electron chi connectivity index (χ3n) is 5.32. The van der Waals surface area contributed by atoms with Crippen LogP contribution in [0.15, 0.2) is 53.1 Å². The summed E-state index contributed by atoms with van der Waals surface area (Å²) in [6, 6.07) is 11.9. The molecule has 1 heterocycles. The van der Waals surface area contributed by atoms with E-state index in [0.29, 0.717) is 11.6 Å². The molecule has 0 aliphatic carbocycles. The van der Waals surface area contributed by atoms with E-state index in [0.717, 1.165) is 30.5 Å². The highest BCUT2D eigenvalue weighted by atomic mass is 35.5. The van der Waals surface area contributed by atoms with Crippen LogP contribution in [0.4, 0.5) is 18.9 Å². The molecule has 36 heavy (non-hydrogen) atoms. The summed E-state index contributed by atoms with van der Waals surface area (Å²) in [5.74, 6) is -4.82. The number of aryl methyl sites for hydroxylation is 1. The van der Waals surface area contributed by atoms with Gasteiger partial charge in [-0.05, 0) is 30.7 Å². The molecular weight excluding hydrogens is 519 g/mol. The number of ether oxygens (including phenoxy) is 1. The maximum absolute atomic E-state index is 13.1. The summed E-state index contributed by atoms with van der Waals surface area (Å²) in [6.45, 7) is 1.86. The minimum absolute atomic E-state index is 0.0532. The fourth-order valence-corrected chi connectivity index (χ4v) is 4.68. The summed E-state index contributed by atoms with van der Waals surface area (Å²) in [7, 11) is 1.13. The number of alkyl halides is 3. The number of allylic oxidation sites excluding steroid dienone is 1. The Morgan fingerprint density at radius 3 is 2.47 bits per heavy atom. The second kappa shape index (κ2) is 11.1. The largest absolute Gasteiger partial charge is 0.468 e. The van der Waals surface area contributed by atoms with E-state index in [1.807, 2.05) is 13.0 Å². The number of esters is 1. The van der Waals surface area contributed by atoms with Crippen LogP contribution < -0.4 is 10.6 Å². The van der Waals surface area contributed by atoms with Gasteiger partial charge < -0.3 is 15.4 Å². The van der Waals surface area contributed by atoms with Crippen LogP contribution in [0.25, 0.3) is 0 Å². The number of methoxy groups -OCH3 is 1. The minimum atomic E-state index is -4.70. The normalized spacial score (nSPS) is 17.8. The minimum Gasteiger partial charge on any atom is -0.468 e. The lowest BCUT2D eigenvalue weighted by Crippen LogP contribution is -2.44. The molecule has 1 aliphatic heterocycles. The molecule has 7 nitrogen and oxygen atoms in total. The zero-order valence-corrected chi connectivity index (χ0v) is 20.5. The second-order valence-corrected chi connectivity index (χ2v) is 9.16. The van der Waals surface area contributed by atoms with Crippen molar-refractivity contribution >= 4 is 46.8 Å². The molecule has 2 aromatic carbocycles. The summed E-state index contributed by atoms with van der Waals surface area (Å²) < 4.78 is 44.0. The Kier molecular flexibility index (Phi) is 8.32. The van der Waals surface area contributed by atoms with Gasteiger partial charge in [0.25, 0.3) is 0 Å². The SMILES string of the molecule is COC(=O)[C@@H]1C(=O)NC(SCC(=O)Nc2ccc(Cl)c(C(F)(F)F)c2)=C(C#N)[C@@H]1c1ccc(C)cc1. The Morgan fingerprint density at radius 1 is 1.22 bits per heavy atom. The van der Waals surface area contributed by atoms with Crippen molar-refractivity contribution in [3.05, 3.63) is 74.8 Å². The Labute approximate surface area is 213 Å². The van der Waals surface area contributed by atoms with Crippen LogP contribution in [-0.4, -0.2) is 30.6 Å². The standard InChI is InChI=1S/C24H19ClF3N3O4S/c1-12-3-5-13(6-4-12)19-15(10-29)22(31-21(33)20(19)23(34)35-2)36-11-18(32)30-14-7-8-17(25)16(9-14)24(26,27)28/h3-9,19-20H,11H2,1-2H3,(H,30,32)(H,31,33)/t19-,20-/m0/s1. The van der Waals surface area contributed by atoms with Crippen molar-refractivity contribution in [1.29, 1.82) is 5.26 Å². The molecule has 12 heteroatoms. The second-order valence-electron chi connectivity index (χ2n) is 7.76. The van der Waals surface area contributed by atoms with Gasteiger partial charge in [0, 0.05) is 11.6 Å². The van der Waals surface area contributed by atoms with Crippen LogP contribution in [0.1, 0.15) is 22.6 Å². The molecule has 1 aliphatic rings. The van der Waals surface area contributed by atoms with Crippen LogP contribution >= 0.6 is 23.4 Å². The van der Waals surface area contributed by atoms with Crippen LogP contribution in [0.2, 0.25) is 5.02 Å². The van der Waals surface area contributed by atoms with Gasteiger partial charge in [-0.2, -0.15) is 18.4 Å². The quantitative estimate of drug-likeness (QED) is 0.406. The number of benzene rings is 2. The number of carbonyl (C=O) groups excluding carboxylic acids is 3. The monoisotopic (exact) mass is 537 g/mol. The zero-order chi connectivity index (χ0) is 26.6. The predicted molar refractivity (Wildman–Crippen MR) is 128 cm³/mol. The van der Waals surface area contributed by atoms with Gasteiger partial charge in [0.05, 0.1) is 40.1 Å². The van der Waals surface area contributed by atoms with Gasteiger partial charge in [0.1, 0.15) is 5.92 Å². The number of hydrogen-bond donors (Lipinski definition) is 2. The number of nitriles is 1. The van der Waals surface area contributed by atoms with E-state index in [1.165, 1.54) is 6.07 Å². The van der Waals surface area contributed by atoms with Crippen molar-refractivity contribution in [1.82, 2.24) is 5.32 Å². The molecule has 0 unspecified atom stereocenters. The van der Waals surface area contributed by atoms with Crippen molar-refractivity contribution in [3.63, 3.8) is 0 Å². The number of hydrogen-bond acceptors (Lipinski definition) is 6. The number of rotatable bonds is 6. The van der Waals surface area contributed by atoms with Gasteiger partial charge >= 0.3 is 12.1 Å². The highest BCUT2D eigenvalue weighted by Gasteiger charge is 2.44. The van der Waals surface area contributed by atoms with Gasteiger partial charge in [0.15, 0.2) is 0 Å². The molecule has 188 valence electrons. The van der Waals surface area contributed by atoms with Crippen molar-refractivity contribution in [2.45, 2.75) is 19.0 Å². The number of halogens is 4. The fourth-order valence-electron chi connectivity index (χ4n) is 3.61. The molecule has 2 amide bonds. The Balaban J connectivity index is 1.86. The van der Waals surface area contributed by atoms with Gasteiger partial charge in [-0.15, -0.1) is 0 Å². The van der Waals surface area contributed by atoms with Crippen molar-refractivity contribution in [2.24, 2.45) is 5.92 Å². The number of amides is 2. The highest BCUT2D eigenvalue weighted by molar-refractivity contribution is 8.03. The maximum Gasteiger partial charge on any atom is 0.417 e. The molecule has 0 spiro atoms. The summed E-state index contributed by atoms with van der Waals surface area (Å²) in [6.07, 6.45) is -4.70. The van der Waals surface area contributed by atoms with Gasteiger partial charge in [-0.25, -0.2) is 0 Å². The van der Waals surface area contributed by atoms with Crippen LogP contribution in [0.3, 0.4) is 0 Å². The van der Waals surface area contributed by atoms with E-state index in [-0.39, 0.29) is 22.0 Å². The molecule has 3 rings (SSSR count). The first-order chi connectivity index (χ1) is 17.0. The lowest BCUT2D eigenvalue weighted by Gasteiger charge is -2.31. The van der Waals surface area contributed by atoms with Crippen LogP contribution in [-0.2, 0) is 25.3 Å². The van der Waals surface area contributed by atoms with E-state index in [4.69, 9.17) is 16.3 Å². The predicted octanol–water partition coefficient (Wildman–Crippen LogP) is 4.78. The summed E-state index contributed by atoms with van der Waals surface area (Å²) in [4.78, 5) is 37.7. The van der Waals surface area contributed by atoms with E-state index in [2.05, 4.69) is 10.6 Å². The number of nitrogens with one attached hydrogen (secondary N) is 2. The van der Waals surface area contributed by atoms with E-state index < -0.39 is 46.4 Å². The lowest BCUT2D eigenvalue weighted by molar-refractivity contribution is -0.150. The Morgan fingerprint density at radius 2 is 1.89 bits per heavy atom. The van der Waals surface area contributed by atoms with Crippen LogP contribution in [0, 0.1) is 24.2 Å². The average molecular weight is 538 g/mol. The number of nitrogens with zero attached hydrogens (tertiary/aromatic N) is 1. The van der Waals surface area contributed by atoms with Gasteiger partial charge in [0.2, 0.25) is 11.8 Å². The molecule has 0 bridgehead atoms. The third kappa shape index (κ3) is 6.01. The molecule has 2 atom stereocenters. The first kappa shape index (κ1) is 27.1. The fraction of sp³-hybridized carbons (Fsp3) is 0.250. The molecule has 0 saturated heterocycles. The van der Waals surface area contributed by atoms with E-state index in [9.17, 15) is 32.8 Å². The van der Waals surface area contributed by atoms with Crippen LogP contribution in [0.5, 0.6) is 0 Å². The molecule has 0 aromatic heterocycles.